The Labute approximate surface area is 87.5 Å². The third-order valence-electron chi connectivity index (χ3n) is 2.88. The molecule has 1 fully saturated rings. The van der Waals surface area contributed by atoms with E-state index >= 15 is 0 Å². The predicted octanol–water partition coefficient (Wildman–Crippen LogP) is 1.77. The number of rotatable bonds is 3. The zero-order valence-corrected chi connectivity index (χ0v) is 8.80. The fourth-order valence-electron chi connectivity index (χ4n) is 1.72. The van der Waals surface area contributed by atoms with Crippen LogP contribution >= 0.6 is 0 Å². The molecule has 5 heteroatoms. The summed E-state index contributed by atoms with van der Waals surface area (Å²) in [5.41, 5.74) is 0. The summed E-state index contributed by atoms with van der Waals surface area (Å²) < 4.78 is 5.09. The van der Waals surface area contributed by atoms with Crippen molar-refractivity contribution in [3.8, 4) is 0 Å². The zero-order chi connectivity index (χ0) is 11.0. The van der Waals surface area contributed by atoms with E-state index in [1.807, 2.05) is 13.8 Å². The Balaban J connectivity index is 2.13. The molecule has 1 saturated carbocycles. The number of hydrogen-bond donors (Lipinski definition) is 1. The van der Waals surface area contributed by atoms with Gasteiger partial charge in [-0.2, -0.15) is 4.98 Å². The van der Waals surface area contributed by atoms with Crippen molar-refractivity contribution >= 4 is 5.97 Å². The van der Waals surface area contributed by atoms with Crippen molar-refractivity contribution in [3.05, 3.63) is 11.7 Å². The van der Waals surface area contributed by atoms with Crippen LogP contribution in [0.1, 0.15) is 50.2 Å². The van der Waals surface area contributed by atoms with Crippen molar-refractivity contribution in [1.82, 2.24) is 10.1 Å². The fraction of sp³-hybridized carbons (Fsp3) is 0.700. The average molecular weight is 210 g/mol. The number of nitrogens with zero attached hydrogens (tertiary/aromatic N) is 2. The minimum Gasteiger partial charge on any atom is -0.481 e. The molecule has 82 valence electrons. The summed E-state index contributed by atoms with van der Waals surface area (Å²) in [5, 5.41) is 12.7. The van der Waals surface area contributed by atoms with Crippen molar-refractivity contribution in [1.29, 1.82) is 0 Å². The van der Waals surface area contributed by atoms with Gasteiger partial charge in [0.05, 0.1) is 11.8 Å². The highest BCUT2D eigenvalue weighted by Gasteiger charge is 2.41. The number of carbonyl (C=O) groups is 1. The first kappa shape index (κ1) is 10.1. The van der Waals surface area contributed by atoms with Crippen LogP contribution in [0, 0.1) is 5.92 Å². The quantitative estimate of drug-likeness (QED) is 0.822. The summed E-state index contributed by atoms with van der Waals surface area (Å²) in [4.78, 5) is 15.0. The molecule has 1 N–H and O–H groups in total. The first-order chi connectivity index (χ1) is 7.09. The highest BCUT2D eigenvalue weighted by Crippen LogP contribution is 2.41. The number of aromatic nitrogens is 2. The van der Waals surface area contributed by atoms with Gasteiger partial charge >= 0.3 is 5.97 Å². The maximum atomic E-state index is 10.8. The lowest BCUT2D eigenvalue weighted by Crippen LogP contribution is -2.31. The van der Waals surface area contributed by atoms with Crippen LogP contribution in [-0.2, 0) is 4.79 Å². The summed E-state index contributed by atoms with van der Waals surface area (Å²) in [5.74, 6) is 0.160. The minimum absolute atomic E-state index is 0.0810. The van der Waals surface area contributed by atoms with Gasteiger partial charge in [-0.3, -0.25) is 4.79 Å². The van der Waals surface area contributed by atoms with E-state index in [-0.39, 0.29) is 17.8 Å². The van der Waals surface area contributed by atoms with Crippen molar-refractivity contribution in [2.45, 2.75) is 38.5 Å². The topological polar surface area (TPSA) is 76.2 Å². The minimum atomic E-state index is -0.768. The number of carboxylic acids is 1. The number of carboxylic acid groups (broad SMARTS) is 1. The molecule has 0 spiro atoms. The van der Waals surface area contributed by atoms with Crippen LogP contribution in [0.4, 0.5) is 0 Å². The monoisotopic (exact) mass is 210 g/mol. The second-order valence-electron chi connectivity index (χ2n) is 4.27. The molecule has 0 amide bonds. The molecule has 0 aromatic carbocycles. The summed E-state index contributed by atoms with van der Waals surface area (Å²) >= 11 is 0. The molecule has 1 aromatic rings. The molecule has 0 saturated heterocycles. The van der Waals surface area contributed by atoms with E-state index in [0.29, 0.717) is 18.1 Å². The van der Waals surface area contributed by atoms with Gasteiger partial charge in [0.25, 0.3) is 0 Å². The first-order valence-corrected chi connectivity index (χ1v) is 5.16. The van der Waals surface area contributed by atoms with Crippen molar-refractivity contribution < 1.29 is 14.4 Å². The van der Waals surface area contributed by atoms with E-state index in [0.717, 1.165) is 6.42 Å². The first-order valence-electron chi connectivity index (χ1n) is 5.16. The molecule has 2 unspecified atom stereocenters. The van der Waals surface area contributed by atoms with E-state index in [9.17, 15) is 4.79 Å². The Kier molecular flexibility index (Phi) is 2.46. The van der Waals surface area contributed by atoms with Gasteiger partial charge in [-0.05, 0) is 12.8 Å². The largest absolute Gasteiger partial charge is 0.481 e. The molecular formula is C10H14N2O3. The van der Waals surface area contributed by atoms with Crippen LogP contribution < -0.4 is 0 Å². The number of aliphatic carboxylic acids is 1. The maximum absolute atomic E-state index is 10.8. The van der Waals surface area contributed by atoms with Crippen molar-refractivity contribution in [3.63, 3.8) is 0 Å². The number of hydrogen-bond acceptors (Lipinski definition) is 4. The van der Waals surface area contributed by atoms with Crippen molar-refractivity contribution in [2.24, 2.45) is 5.92 Å². The molecule has 1 aromatic heterocycles. The van der Waals surface area contributed by atoms with Gasteiger partial charge in [0, 0.05) is 5.92 Å². The Morgan fingerprint density at radius 1 is 1.53 bits per heavy atom. The highest BCUT2D eigenvalue weighted by molar-refractivity contribution is 5.72. The summed E-state index contributed by atoms with van der Waals surface area (Å²) in [7, 11) is 0. The summed E-state index contributed by atoms with van der Waals surface area (Å²) in [6.45, 7) is 3.95. The van der Waals surface area contributed by atoms with Gasteiger partial charge in [0.1, 0.15) is 0 Å². The lowest BCUT2D eigenvalue weighted by atomic mass is 9.73. The normalized spacial score (nSPS) is 25.3. The molecule has 1 aliphatic rings. The van der Waals surface area contributed by atoms with Gasteiger partial charge in [0.15, 0.2) is 5.82 Å². The molecule has 0 radical (unpaired) electrons. The third-order valence-corrected chi connectivity index (χ3v) is 2.88. The second-order valence-corrected chi connectivity index (χ2v) is 4.27. The maximum Gasteiger partial charge on any atom is 0.307 e. The van der Waals surface area contributed by atoms with Crippen molar-refractivity contribution in [2.75, 3.05) is 0 Å². The zero-order valence-electron chi connectivity index (χ0n) is 8.80. The van der Waals surface area contributed by atoms with Crippen LogP contribution in [0.2, 0.25) is 0 Å². The van der Waals surface area contributed by atoms with E-state index in [1.165, 1.54) is 0 Å². The van der Waals surface area contributed by atoms with Gasteiger partial charge in [0.2, 0.25) is 5.89 Å². The van der Waals surface area contributed by atoms with Crippen LogP contribution in [0.5, 0.6) is 0 Å². The lowest BCUT2D eigenvalue weighted by Gasteiger charge is -2.29. The SMILES string of the molecule is CC(C)c1noc(C2CCC2C(=O)O)n1. The average Bonchev–Trinajstić information content (AvgIpc) is 2.49. The van der Waals surface area contributed by atoms with Crippen LogP contribution in [-0.4, -0.2) is 21.2 Å². The molecular weight excluding hydrogens is 196 g/mol. The van der Waals surface area contributed by atoms with E-state index in [1.54, 1.807) is 0 Å². The van der Waals surface area contributed by atoms with Crippen LogP contribution in [0.25, 0.3) is 0 Å². The molecule has 5 nitrogen and oxygen atoms in total. The smallest absolute Gasteiger partial charge is 0.307 e. The van der Waals surface area contributed by atoms with Crippen LogP contribution in [0.15, 0.2) is 4.52 Å². The molecule has 0 aliphatic heterocycles. The molecule has 1 aliphatic carbocycles. The third kappa shape index (κ3) is 1.73. The Hall–Kier alpha value is -1.39. The van der Waals surface area contributed by atoms with E-state index in [4.69, 9.17) is 9.63 Å². The Morgan fingerprint density at radius 2 is 2.27 bits per heavy atom. The molecule has 0 bridgehead atoms. The lowest BCUT2D eigenvalue weighted by molar-refractivity contribution is -0.146. The van der Waals surface area contributed by atoms with Gasteiger partial charge < -0.3 is 9.63 Å². The predicted molar refractivity (Wildman–Crippen MR) is 51.5 cm³/mol. The molecule has 1 heterocycles. The van der Waals surface area contributed by atoms with Gasteiger partial charge in [-0.15, -0.1) is 0 Å². The van der Waals surface area contributed by atoms with E-state index < -0.39 is 5.97 Å². The van der Waals surface area contributed by atoms with Gasteiger partial charge in [-0.25, -0.2) is 0 Å². The molecule has 2 rings (SSSR count). The van der Waals surface area contributed by atoms with Gasteiger partial charge in [-0.1, -0.05) is 19.0 Å². The molecule has 15 heavy (non-hydrogen) atoms. The van der Waals surface area contributed by atoms with E-state index in [2.05, 4.69) is 10.1 Å². The second kappa shape index (κ2) is 3.64. The Morgan fingerprint density at radius 3 is 2.67 bits per heavy atom. The Bertz CT molecular complexity index is 372. The standard InChI is InChI=1S/C10H14N2O3/c1-5(2)8-11-9(15-12-8)6-3-4-7(6)10(13)14/h5-7H,3-4H2,1-2H3,(H,13,14). The fourth-order valence-corrected chi connectivity index (χ4v) is 1.72. The highest BCUT2D eigenvalue weighted by atomic mass is 16.5. The molecule has 2 atom stereocenters. The summed E-state index contributed by atoms with van der Waals surface area (Å²) in [6, 6.07) is 0. The van der Waals surface area contributed by atoms with Crippen LogP contribution in [0.3, 0.4) is 0 Å². The summed E-state index contributed by atoms with van der Waals surface area (Å²) in [6.07, 6.45) is 1.54.